The number of benzene rings is 1. The first kappa shape index (κ1) is 14.3. The zero-order chi connectivity index (χ0) is 14.9. The second-order valence-electron chi connectivity index (χ2n) is 5.90. The highest BCUT2D eigenvalue weighted by molar-refractivity contribution is 5.82. The van der Waals surface area contributed by atoms with Gasteiger partial charge >= 0.3 is 5.97 Å². The van der Waals surface area contributed by atoms with Crippen molar-refractivity contribution in [1.29, 1.82) is 0 Å². The van der Waals surface area contributed by atoms with Crippen molar-refractivity contribution in [1.82, 2.24) is 5.32 Å². The molecule has 2 aliphatic carbocycles. The number of nitrogens with one attached hydrogen (secondary N) is 1. The third-order valence-corrected chi connectivity index (χ3v) is 4.14. The molecular weight excluding hydrogens is 273 g/mol. The van der Waals surface area contributed by atoms with Gasteiger partial charge in [-0.3, -0.25) is 5.32 Å². The molecule has 114 valence electrons. The number of ether oxygens (including phenoxy) is 2. The summed E-state index contributed by atoms with van der Waals surface area (Å²) in [5.74, 6) is 0.243. The molecule has 0 aromatic heterocycles. The van der Waals surface area contributed by atoms with E-state index < -0.39 is 5.54 Å². The Bertz CT molecular complexity index is 511. The first-order valence-corrected chi connectivity index (χ1v) is 7.38. The highest BCUT2D eigenvalue weighted by Gasteiger charge is 2.54. The minimum atomic E-state index is -0.774. The molecule has 0 amide bonds. The van der Waals surface area contributed by atoms with Crippen LogP contribution in [0.2, 0.25) is 0 Å². The van der Waals surface area contributed by atoms with E-state index in [1.54, 1.807) is 12.1 Å². The lowest BCUT2D eigenvalue weighted by molar-refractivity contribution is -0.151. The topological polar surface area (TPSA) is 47.6 Å². The molecule has 0 spiro atoms. The Labute approximate surface area is 123 Å². The highest BCUT2D eigenvalue weighted by Crippen LogP contribution is 2.42. The lowest BCUT2D eigenvalue weighted by Gasteiger charge is -2.32. The van der Waals surface area contributed by atoms with E-state index in [0.29, 0.717) is 11.8 Å². The molecular formula is C16H20FNO3. The molecule has 2 fully saturated rings. The van der Waals surface area contributed by atoms with Crippen LogP contribution in [0.3, 0.4) is 0 Å². The van der Waals surface area contributed by atoms with Crippen LogP contribution in [0.25, 0.3) is 0 Å². The van der Waals surface area contributed by atoms with Gasteiger partial charge in [0.1, 0.15) is 18.2 Å². The Morgan fingerprint density at radius 3 is 2.48 bits per heavy atom. The fraction of sp³-hybridized carbons (Fsp3) is 0.562. The molecule has 0 saturated heterocycles. The summed E-state index contributed by atoms with van der Waals surface area (Å²) in [5, 5.41) is 3.43. The van der Waals surface area contributed by atoms with Gasteiger partial charge in [0.2, 0.25) is 0 Å². The van der Waals surface area contributed by atoms with Gasteiger partial charge in [-0.1, -0.05) is 0 Å². The van der Waals surface area contributed by atoms with Gasteiger partial charge in [-0.25, -0.2) is 9.18 Å². The molecule has 1 aromatic carbocycles. The van der Waals surface area contributed by atoms with Gasteiger partial charge in [-0.05, 0) is 55.9 Å². The highest BCUT2D eigenvalue weighted by atomic mass is 19.1. The maximum Gasteiger partial charge on any atom is 0.329 e. The van der Waals surface area contributed by atoms with Crippen LogP contribution in [0, 0.1) is 11.7 Å². The Morgan fingerprint density at radius 1 is 1.29 bits per heavy atom. The van der Waals surface area contributed by atoms with Crippen molar-refractivity contribution < 1.29 is 18.7 Å². The third kappa shape index (κ3) is 3.18. The zero-order valence-corrected chi connectivity index (χ0v) is 12.1. The lowest BCUT2D eigenvalue weighted by Crippen LogP contribution is -2.59. The average Bonchev–Trinajstić information content (AvgIpc) is 3.37. The summed E-state index contributed by atoms with van der Waals surface area (Å²) in [6.07, 6.45) is 4.17. The SMILES string of the molecule is COC(=O)C(COc1ccc(F)cc1)(NC1CC1)C1CC1. The quantitative estimate of drug-likeness (QED) is 0.784. The largest absolute Gasteiger partial charge is 0.491 e. The van der Waals surface area contributed by atoms with E-state index >= 15 is 0 Å². The number of esters is 1. The number of hydrogen-bond acceptors (Lipinski definition) is 4. The summed E-state index contributed by atoms with van der Waals surface area (Å²) in [6, 6.07) is 6.21. The molecule has 1 unspecified atom stereocenters. The van der Waals surface area contributed by atoms with Crippen LogP contribution < -0.4 is 10.1 Å². The monoisotopic (exact) mass is 293 g/mol. The van der Waals surface area contributed by atoms with Gasteiger partial charge in [0.25, 0.3) is 0 Å². The number of carbonyl (C=O) groups is 1. The van der Waals surface area contributed by atoms with Crippen LogP contribution >= 0.6 is 0 Å². The Balaban J connectivity index is 1.74. The number of hydrogen-bond donors (Lipinski definition) is 1. The van der Waals surface area contributed by atoms with Crippen LogP contribution in [0.15, 0.2) is 24.3 Å². The summed E-state index contributed by atoms with van der Waals surface area (Å²) in [7, 11) is 1.41. The summed E-state index contributed by atoms with van der Waals surface area (Å²) < 4.78 is 23.7. The molecule has 1 N–H and O–H groups in total. The smallest absolute Gasteiger partial charge is 0.329 e. The van der Waals surface area contributed by atoms with Crippen molar-refractivity contribution in [3.63, 3.8) is 0 Å². The van der Waals surface area contributed by atoms with Gasteiger partial charge in [-0.2, -0.15) is 0 Å². The maximum absolute atomic E-state index is 12.9. The number of methoxy groups -OCH3 is 1. The second-order valence-corrected chi connectivity index (χ2v) is 5.90. The van der Waals surface area contributed by atoms with Gasteiger partial charge in [0.15, 0.2) is 5.54 Å². The molecule has 1 aromatic rings. The maximum atomic E-state index is 12.9. The van der Waals surface area contributed by atoms with Gasteiger partial charge in [0, 0.05) is 6.04 Å². The molecule has 2 aliphatic rings. The Morgan fingerprint density at radius 2 is 1.95 bits per heavy atom. The van der Waals surface area contributed by atoms with Gasteiger partial charge in [-0.15, -0.1) is 0 Å². The number of carbonyl (C=O) groups excluding carboxylic acids is 1. The number of halogens is 1. The second kappa shape index (κ2) is 5.64. The normalized spacial score (nSPS) is 20.7. The van der Waals surface area contributed by atoms with E-state index in [2.05, 4.69) is 5.32 Å². The van der Waals surface area contributed by atoms with E-state index in [0.717, 1.165) is 25.7 Å². The van der Waals surface area contributed by atoms with Gasteiger partial charge < -0.3 is 9.47 Å². The van der Waals surface area contributed by atoms with Crippen LogP contribution in [-0.2, 0) is 9.53 Å². The fourth-order valence-electron chi connectivity index (χ4n) is 2.64. The predicted molar refractivity (Wildman–Crippen MR) is 75.5 cm³/mol. The Kier molecular flexibility index (Phi) is 3.85. The summed E-state index contributed by atoms with van der Waals surface area (Å²) in [4.78, 5) is 12.3. The summed E-state index contributed by atoms with van der Waals surface area (Å²) in [5.41, 5.74) is -0.774. The first-order valence-electron chi connectivity index (χ1n) is 7.38. The van der Waals surface area contributed by atoms with E-state index in [-0.39, 0.29) is 24.3 Å². The van der Waals surface area contributed by atoms with Crippen molar-refractivity contribution in [3.8, 4) is 5.75 Å². The predicted octanol–water partition coefficient (Wildman–Crippen LogP) is 2.28. The van der Waals surface area contributed by atoms with E-state index in [1.807, 2.05) is 0 Å². The van der Waals surface area contributed by atoms with E-state index in [4.69, 9.17) is 9.47 Å². The molecule has 1 atom stereocenters. The minimum absolute atomic E-state index is 0.215. The summed E-state index contributed by atoms with van der Waals surface area (Å²) in [6.45, 7) is 0.215. The molecule has 5 heteroatoms. The average molecular weight is 293 g/mol. The van der Waals surface area contributed by atoms with Gasteiger partial charge in [0.05, 0.1) is 7.11 Å². The number of rotatable bonds is 7. The standard InChI is InChI=1S/C16H20FNO3/c1-20-15(19)16(11-2-3-11,18-13-6-7-13)10-21-14-8-4-12(17)5-9-14/h4-5,8-9,11,13,18H,2-3,6-7,10H2,1H3. The fourth-order valence-corrected chi connectivity index (χ4v) is 2.64. The molecule has 21 heavy (non-hydrogen) atoms. The first-order chi connectivity index (χ1) is 10.1. The van der Waals surface area contributed by atoms with Crippen molar-refractivity contribution in [2.24, 2.45) is 5.92 Å². The van der Waals surface area contributed by atoms with Crippen LogP contribution in [0.4, 0.5) is 4.39 Å². The molecule has 0 heterocycles. The zero-order valence-electron chi connectivity index (χ0n) is 12.1. The van der Waals surface area contributed by atoms with Crippen molar-refractivity contribution >= 4 is 5.97 Å². The van der Waals surface area contributed by atoms with E-state index in [9.17, 15) is 9.18 Å². The summed E-state index contributed by atoms with van der Waals surface area (Å²) >= 11 is 0. The Hall–Kier alpha value is -1.62. The minimum Gasteiger partial charge on any atom is -0.491 e. The van der Waals surface area contributed by atoms with Crippen molar-refractivity contribution in [2.45, 2.75) is 37.3 Å². The van der Waals surface area contributed by atoms with Crippen molar-refractivity contribution in [2.75, 3.05) is 13.7 Å². The van der Waals surface area contributed by atoms with Crippen molar-refractivity contribution in [3.05, 3.63) is 30.1 Å². The molecule has 0 radical (unpaired) electrons. The molecule has 0 bridgehead atoms. The van der Waals surface area contributed by atoms with Crippen LogP contribution in [0.1, 0.15) is 25.7 Å². The third-order valence-electron chi connectivity index (χ3n) is 4.14. The molecule has 3 rings (SSSR count). The molecule has 0 aliphatic heterocycles. The molecule has 4 nitrogen and oxygen atoms in total. The van der Waals surface area contributed by atoms with Crippen LogP contribution in [0.5, 0.6) is 5.75 Å². The van der Waals surface area contributed by atoms with Crippen LogP contribution in [-0.4, -0.2) is 31.3 Å². The van der Waals surface area contributed by atoms with E-state index in [1.165, 1.54) is 19.2 Å². The lowest BCUT2D eigenvalue weighted by atomic mass is 9.93. The molecule has 2 saturated carbocycles.